The quantitative estimate of drug-likeness (QED) is 0.710. The van der Waals surface area contributed by atoms with Gasteiger partial charge in [0.15, 0.2) is 0 Å². The minimum absolute atomic E-state index is 0.0168. The maximum Gasteiger partial charge on any atom is 0.0960 e. The van der Waals surface area contributed by atoms with Gasteiger partial charge in [-0.3, -0.25) is 4.39 Å². The Balaban J connectivity index is 2.81. The molecule has 0 radical (unpaired) electrons. The van der Waals surface area contributed by atoms with Crippen molar-refractivity contribution >= 4 is 15.9 Å². The Kier molecular flexibility index (Phi) is 3.06. The second kappa shape index (κ2) is 3.86. The number of rotatable bonds is 2. The third-order valence-electron chi connectivity index (χ3n) is 1.67. The van der Waals surface area contributed by atoms with E-state index in [-0.39, 0.29) is 12.6 Å². The first-order valence-corrected chi connectivity index (χ1v) is 4.34. The molecule has 60 valence electrons. The van der Waals surface area contributed by atoms with Crippen LogP contribution in [-0.2, 0) is 0 Å². The van der Waals surface area contributed by atoms with Gasteiger partial charge in [0.1, 0.15) is 0 Å². The Morgan fingerprint density at radius 1 is 1.36 bits per heavy atom. The molecular formula is C9H10BrF. The second-order valence-electron chi connectivity index (χ2n) is 2.61. The van der Waals surface area contributed by atoms with Gasteiger partial charge in [-0.25, -0.2) is 0 Å². The summed E-state index contributed by atoms with van der Waals surface area (Å²) in [6, 6.07) is 7.74. The minimum atomic E-state index is -0.290. The Bertz CT molecular complexity index is 218. The van der Waals surface area contributed by atoms with E-state index in [1.807, 2.05) is 31.2 Å². The molecule has 1 unspecified atom stereocenters. The summed E-state index contributed by atoms with van der Waals surface area (Å²) in [5.74, 6) is 0.0168. The zero-order chi connectivity index (χ0) is 8.27. The van der Waals surface area contributed by atoms with Crippen LogP contribution < -0.4 is 0 Å². The van der Waals surface area contributed by atoms with E-state index in [9.17, 15) is 4.39 Å². The van der Waals surface area contributed by atoms with Crippen molar-refractivity contribution in [3.8, 4) is 0 Å². The molecule has 1 atom stereocenters. The highest BCUT2D eigenvalue weighted by Gasteiger charge is 2.02. The molecule has 11 heavy (non-hydrogen) atoms. The zero-order valence-electron chi connectivity index (χ0n) is 6.35. The van der Waals surface area contributed by atoms with Crippen molar-refractivity contribution in [1.82, 2.24) is 0 Å². The highest BCUT2D eigenvalue weighted by Crippen LogP contribution is 2.18. The molecule has 2 heteroatoms. The summed E-state index contributed by atoms with van der Waals surface area (Å²) in [4.78, 5) is 0. The highest BCUT2D eigenvalue weighted by molar-refractivity contribution is 9.10. The largest absolute Gasteiger partial charge is 0.250 e. The van der Waals surface area contributed by atoms with E-state index in [1.165, 1.54) is 0 Å². The van der Waals surface area contributed by atoms with E-state index in [2.05, 4.69) is 15.9 Å². The predicted molar refractivity (Wildman–Crippen MR) is 48.5 cm³/mol. The van der Waals surface area contributed by atoms with E-state index in [0.717, 1.165) is 10.0 Å². The van der Waals surface area contributed by atoms with Gasteiger partial charge in [-0.15, -0.1) is 0 Å². The molecule has 0 fully saturated rings. The van der Waals surface area contributed by atoms with Crippen LogP contribution in [0.25, 0.3) is 0 Å². The van der Waals surface area contributed by atoms with Gasteiger partial charge in [0.25, 0.3) is 0 Å². The topological polar surface area (TPSA) is 0 Å². The van der Waals surface area contributed by atoms with Crippen LogP contribution in [0.3, 0.4) is 0 Å². The first kappa shape index (κ1) is 8.72. The summed E-state index contributed by atoms with van der Waals surface area (Å²) in [6.07, 6.45) is 0. The van der Waals surface area contributed by atoms with Crippen molar-refractivity contribution < 1.29 is 4.39 Å². The minimum Gasteiger partial charge on any atom is -0.250 e. The van der Waals surface area contributed by atoms with Crippen LogP contribution in [0.5, 0.6) is 0 Å². The number of alkyl halides is 1. The van der Waals surface area contributed by atoms with E-state index < -0.39 is 0 Å². The van der Waals surface area contributed by atoms with Crippen LogP contribution in [0.4, 0.5) is 4.39 Å². The summed E-state index contributed by atoms with van der Waals surface area (Å²) in [6.45, 7) is 1.59. The van der Waals surface area contributed by atoms with Gasteiger partial charge < -0.3 is 0 Å². The van der Waals surface area contributed by atoms with Crippen molar-refractivity contribution in [2.45, 2.75) is 12.8 Å². The summed E-state index contributed by atoms with van der Waals surface area (Å²) in [5, 5.41) is 0. The Hall–Kier alpha value is -0.370. The molecule has 1 rings (SSSR count). The molecule has 0 heterocycles. The average molecular weight is 217 g/mol. The lowest BCUT2D eigenvalue weighted by molar-refractivity contribution is 0.447. The molecule has 0 aromatic heterocycles. The van der Waals surface area contributed by atoms with Crippen LogP contribution in [0.1, 0.15) is 18.4 Å². The van der Waals surface area contributed by atoms with Crippen LogP contribution in [0.2, 0.25) is 0 Å². The molecule has 0 aliphatic rings. The summed E-state index contributed by atoms with van der Waals surface area (Å²) < 4.78 is 13.2. The SMILES string of the molecule is CC(CF)c1ccc(Br)cc1. The van der Waals surface area contributed by atoms with Gasteiger partial charge in [-0.05, 0) is 17.7 Å². The molecule has 1 aromatic rings. The van der Waals surface area contributed by atoms with Crippen molar-refractivity contribution in [3.63, 3.8) is 0 Å². The lowest BCUT2D eigenvalue weighted by Crippen LogP contribution is -1.93. The second-order valence-corrected chi connectivity index (χ2v) is 3.52. The fourth-order valence-corrected chi connectivity index (χ4v) is 1.14. The molecule has 0 amide bonds. The molecule has 0 N–H and O–H groups in total. The number of hydrogen-bond acceptors (Lipinski definition) is 0. The number of hydrogen-bond donors (Lipinski definition) is 0. The summed E-state index contributed by atoms with van der Waals surface area (Å²) in [7, 11) is 0. The van der Waals surface area contributed by atoms with Gasteiger partial charge in [-0.2, -0.15) is 0 Å². The van der Waals surface area contributed by atoms with E-state index >= 15 is 0 Å². The molecule has 0 aliphatic heterocycles. The van der Waals surface area contributed by atoms with Crippen LogP contribution in [0.15, 0.2) is 28.7 Å². The van der Waals surface area contributed by atoms with Gasteiger partial charge in [0.2, 0.25) is 0 Å². The number of benzene rings is 1. The van der Waals surface area contributed by atoms with E-state index in [0.29, 0.717) is 0 Å². The molecule has 0 bridgehead atoms. The van der Waals surface area contributed by atoms with E-state index in [1.54, 1.807) is 0 Å². The third kappa shape index (κ3) is 2.29. The summed E-state index contributed by atoms with van der Waals surface area (Å²) >= 11 is 3.32. The molecule has 0 saturated heterocycles. The molecular weight excluding hydrogens is 207 g/mol. The highest BCUT2D eigenvalue weighted by atomic mass is 79.9. The fraction of sp³-hybridized carbons (Fsp3) is 0.333. The van der Waals surface area contributed by atoms with Crippen molar-refractivity contribution in [3.05, 3.63) is 34.3 Å². The Labute approximate surface area is 74.6 Å². The standard InChI is InChI=1S/C9H10BrF/c1-7(6-11)8-2-4-9(10)5-3-8/h2-5,7H,6H2,1H3. The maximum absolute atomic E-state index is 12.2. The molecule has 0 nitrogen and oxygen atoms in total. The van der Waals surface area contributed by atoms with Crippen LogP contribution in [0, 0.1) is 0 Å². The van der Waals surface area contributed by atoms with Gasteiger partial charge >= 0.3 is 0 Å². The van der Waals surface area contributed by atoms with Gasteiger partial charge in [0.05, 0.1) is 6.67 Å². The molecule has 0 saturated carbocycles. The van der Waals surface area contributed by atoms with Crippen molar-refractivity contribution in [1.29, 1.82) is 0 Å². The molecule has 0 spiro atoms. The van der Waals surface area contributed by atoms with Crippen LogP contribution in [-0.4, -0.2) is 6.67 Å². The fourth-order valence-electron chi connectivity index (χ4n) is 0.880. The molecule has 0 aliphatic carbocycles. The number of halogens is 2. The van der Waals surface area contributed by atoms with Crippen molar-refractivity contribution in [2.24, 2.45) is 0 Å². The van der Waals surface area contributed by atoms with Gasteiger partial charge in [-0.1, -0.05) is 35.0 Å². The predicted octanol–water partition coefficient (Wildman–Crippen LogP) is 3.52. The monoisotopic (exact) mass is 216 g/mol. The smallest absolute Gasteiger partial charge is 0.0960 e. The normalized spacial score (nSPS) is 13.0. The molecule has 1 aromatic carbocycles. The maximum atomic E-state index is 12.2. The first-order valence-electron chi connectivity index (χ1n) is 3.55. The Morgan fingerprint density at radius 2 is 1.91 bits per heavy atom. The lowest BCUT2D eigenvalue weighted by Gasteiger charge is -2.05. The van der Waals surface area contributed by atoms with Crippen molar-refractivity contribution in [2.75, 3.05) is 6.67 Å². The van der Waals surface area contributed by atoms with E-state index in [4.69, 9.17) is 0 Å². The summed E-state index contributed by atoms with van der Waals surface area (Å²) in [5.41, 5.74) is 1.05. The lowest BCUT2D eigenvalue weighted by atomic mass is 10.0. The zero-order valence-corrected chi connectivity index (χ0v) is 7.94. The first-order chi connectivity index (χ1) is 5.24. The third-order valence-corrected chi connectivity index (χ3v) is 2.20. The van der Waals surface area contributed by atoms with Crippen LogP contribution >= 0.6 is 15.9 Å². The average Bonchev–Trinajstić information content (AvgIpc) is 2.05. The Morgan fingerprint density at radius 3 is 2.36 bits per heavy atom. The van der Waals surface area contributed by atoms with Gasteiger partial charge in [0, 0.05) is 10.4 Å².